The van der Waals surface area contributed by atoms with E-state index in [1.807, 2.05) is 13.0 Å². The highest BCUT2D eigenvalue weighted by Gasteiger charge is 2.29. The van der Waals surface area contributed by atoms with Gasteiger partial charge in [0, 0.05) is 23.6 Å². The lowest BCUT2D eigenvalue weighted by Crippen LogP contribution is -2.36. The molecule has 0 radical (unpaired) electrons. The molecule has 1 N–H and O–H groups in total. The number of ether oxygens (including phenoxy) is 3. The Balaban J connectivity index is 1.86. The summed E-state index contributed by atoms with van der Waals surface area (Å²) in [5, 5.41) is 8.66. The van der Waals surface area contributed by atoms with Crippen LogP contribution >= 0.6 is 0 Å². The molecule has 2 aromatic carbocycles. The molecule has 0 saturated heterocycles. The molecule has 1 atom stereocenters. The number of carbonyl (C=O) groups excluding carboxylic acids is 2. The lowest BCUT2D eigenvalue weighted by Gasteiger charge is -2.29. The third kappa shape index (κ3) is 5.35. The van der Waals surface area contributed by atoms with Gasteiger partial charge in [-0.1, -0.05) is 19.1 Å². The summed E-state index contributed by atoms with van der Waals surface area (Å²) in [6.45, 7) is 1.30. The van der Waals surface area contributed by atoms with Crippen LogP contribution in [0.2, 0.25) is 0 Å². The number of nitrogens with one attached hydrogen (secondary N) is 1. The molecule has 1 aliphatic heterocycles. The first kappa shape index (κ1) is 23.1. The van der Waals surface area contributed by atoms with Crippen LogP contribution in [0, 0.1) is 5.92 Å². The van der Waals surface area contributed by atoms with E-state index >= 15 is 0 Å². The Hall–Kier alpha value is -3.62. The van der Waals surface area contributed by atoms with Crippen LogP contribution < -0.4 is 14.8 Å². The molecule has 0 bridgehead atoms. The molecule has 1 unspecified atom stereocenters. The number of hydrazone groups is 1. The molecule has 170 valence electrons. The highest BCUT2D eigenvalue weighted by atomic mass is 19.1. The summed E-state index contributed by atoms with van der Waals surface area (Å²) >= 11 is 0. The molecular formula is C23H26FN3O5. The van der Waals surface area contributed by atoms with Crippen LogP contribution in [-0.4, -0.2) is 43.8 Å². The number of hydrogen-bond donors (Lipinski definition) is 1. The minimum absolute atomic E-state index is 0.0583. The monoisotopic (exact) mass is 443 g/mol. The van der Waals surface area contributed by atoms with Crippen molar-refractivity contribution < 1.29 is 28.2 Å². The van der Waals surface area contributed by atoms with Crippen molar-refractivity contribution in [1.82, 2.24) is 5.01 Å². The van der Waals surface area contributed by atoms with Gasteiger partial charge in [-0.15, -0.1) is 0 Å². The maximum atomic E-state index is 12.8. The average Bonchev–Trinajstić information content (AvgIpc) is 2.81. The molecule has 0 aromatic heterocycles. The van der Waals surface area contributed by atoms with E-state index in [9.17, 15) is 14.0 Å². The number of halogens is 1. The zero-order chi connectivity index (χ0) is 23.1. The molecule has 1 heterocycles. The maximum absolute atomic E-state index is 12.8. The topological polar surface area (TPSA) is 89.5 Å². The Labute approximate surface area is 186 Å². The Morgan fingerprint density at radius 1 is 1.19 bits per heavy atom. The molecule has 3 rings (SSSR count). The first-order valence-electron chi connectivity index (χ1n) is 10.2. The van der Waals surface area contributed by atoms with Gasteiger partial charge in [0.1, 0.15) is 0 Å². The van der Waals surface area contributed by atoms with E-state index in [1.165, 1.54) is 19.2 Å². The van der Waals surface area contributed by atoms with E-state index in [2.05, 4.69) is 15.2 Å². The number of benzene rings is 2. The van der Waals surface area contributed by atoms with Gasteiger partial charge in [0.05, 0.1) is 26.5 Å². The summed E-state index contributed by atoms with van der Waals surface area (Å²) in [5.74, 6) is 0.565. The molecule has 1 aliphatic rings. The predicted molar refractivity (Wildman–Crippen MR) is 118 cm³/mol. The summed E-state index contributed by atoms with van der Waals surface area (Å²) in [6, 6.07) is 12.3. The third-order valence-electron chi connectivity index (χ3n) is 5.20. The number of methoxy groups -OCH3 is 2. The lowest BCUT2D eigenvalue weighted by atomic mass is 9.89. The second-order valence-electron chi connectivity index (χ2n) is 7.18. The number of nitrogens with zero attached hydrogens (tertiary/aromatic N) is 2. The van der Waals surface area contributed by atoms with Gasteiger partial charge in [0.15, 0.2) is 11.5 Å². The zero-order valence-electron chi connectivity index (χ0n) is 18.3. The van der Waals surface area contributed by atoms with Crippen LogP contribution in [0.25, 0.3) is 0 Å². The maximum Gasteiger partial charge on any atom is 0.411 e. The fraction of sp³-hybridized carbons (Fsp3) is 0.348. The number of anilines is 1. The largest absolute Gasteiger partial charge is 0.493 e. The average molecular weight is 443 g/mol. The molecule has 0 aliphatic carbocycles. The normalized spacial score (nSPS) is 15.8. The first-order valence-corrected chi connectivity index (χ1v) is 10.2. The molecule has 0 spiro atoms. The van der Waals surface area contributed by atoms with Crippen molar-refractivity contribution in [3.8, 4) is 11.5 Å². The third-order valence-corrected chi connectivity index (χ3v) is 5.20. The summed E-state index contributed by atoms with van der Waals surface area (Å²) < 4.78 is 27.6. The minimum atomic E-state index is -0.977. The van der Waals surface area contributed by atoms with Crippen molar-refractivity contribution in [3.05, 3.63) is 53.6 Å². The molecule has 32 heavy (non-hydrogen) atoms. The van der Waals surface area contributed by atoms with Gasteiger partial charge in [-0.3, -0.25) is 10.1 Å². The van der Waals surface area contributed by atoms with E-state index < -0.39 is 13.0 Å². The highest BCUT2D eigenvalue weighted by molar-refractivity contribution is 6.06. The van der Waals surface area contributed by atoms with Gasteiger partial charge in [-0.2, -0.15) is 5.10 Å². The van der Waals surface area contributed by atoms with E-state index in [0.717, 1.165) is 23.3 Å². The predicted octanol–water partition coefficient (Wildman–Crippen LogP) is 4.34. The van der Waals surface area contributed by atoms with Crippen molar-refractivity contribution in [2.24, 2.45) is 11.0 Å². The number of carbonyl (C=O) groups is 2. The zero-order valence-corrected chi connectivity index (χ0v) is 18.3. The summed E-state index contributed by atoms with van der Waals surface area (Å²) in [7, 11) is 2.78. The smallest absolute Gasteiger partial charge is 0.411 e. The Morgan fingerprint density at radius 3 is 2.56 bits per heavy atom. The lowest BCUT2D eigenvalue weighted by molar-refractivity contribution is -0.133. The van der Waals surface area contributed by atoms with Gasteiger partial charge in [-0.25, -0.2) is 14.2 Å². The number of alkyl halides is 1. The SMILES string of the molecule is CCC1CC(=O)N(Cc2ccc(NC(=O)OC)cc2)N=C1c1ccc(OC)c(OCF)c1. The number of hydrogen-bond acceptors (Lipinski definition) is 6. The van der Waals surface area contributed by atoms with E-state index in [-0.39, 0.29) is 24.1 Å². The molecule has 9 heteroatoms. The van der Waals surface area contributed by atoms with Crippen LogP contribution in [0.15, 0.2) is 47.6 Å². The minimum Gasteiger partial charge on any atom is -0.493 e. The quantitative estimate of drug-likeness (QED) is 0.656. The van der Waals surface area contributed by atoms with Crippen molar-refractivity contribution in [1.29, 1.82) is 0 Å². The Morgan fingerprint density at radius 2 is 1.94 bits per heavy atom. The van der Waals surface area contributed by atoms with E-state index in [1.54, 1.807) is 36.4 Å². The van der Waals surface area contributed by atoms with Gasteiger partial charge >= 0.3 is 6.09 Å². The summed E-state index contributed by atoms with van der Waals surface area (Å²) in [4.78, 5) is 24.0. The van der Waals surface area contributed by atoms with Gasteiger partial charge in [0.25, 0.3) is 0 Å². The van der Waals surface area contributed by atoms with Crippen molar-refractivity contribution in [2.45, 2.75) is 26.3 Å². The van der Waals surface area contributed by atoms with Crippen LogP contribution in [0.1, 0.15) is 30.9 Å². The molecule has 2 amide bonds. The highest BCUT2D eigenvalue weighted by Crippen LogP contribution is 2.32. The fourth-order valence-electron chi connectivity index (χ4n) is 3.48. The van der Waals surface area contributed by atoms with Crippen LogP contribution in [-0.2, 0) is 16.1 Å². The molecule has 0 fully saturated rings. The summed E-state index contributed by atoms with van der Waals surface area (Å²) in [6.07, 6.45) is 0.500. The summed E-state index contributed by atoms with van der Waals surface area (Å²) in [5.41, 5.74) is 2.92. The van der Waals surface area contributed by atoms with E-state index in [4.69, 9.17) is 9.47 Å². The van der Waals surface area contributed by atoms with E-state index in [0.29, 0.717) is 17.9 Å². The number of amides is 2. The Kier molecular flexibility index (Phi) is 7.64. The second kappa shape index (κ2) is 10.6. The fourth-order valence-corrected chi connectivity index (χ4v) is 3.48. The van der Waals surface area contributed by atoms with Crippen LogP contribution in [0.3, 0.4) is 0 Å². The van der Waals surface area contributed by atoms with Crippen LogP contribution in [0.5, 0.6) is 11.5 Å². The van der Waals surface area contributed by atoms with Crippen molar-refractivity contribution in [2.75, 3.05) is 26.4 Å². The van der Waals surface area contributed by atoms with Gasteiger partial charge in [-0.05, 0) is 42.3 Å². The van der Waals surface area contributed by atoms with Crippen molar-refractivity contribution >= 4 is 23.4 Å². The van der Waals surface area contributed by atoms with Gasteiger partial charge < -0.3 is 14.2 Å². The Bertz CT molecular complexity index is 994. The number of rotatable bonds is 8. The van der Waals surface area contributed by atoms with Crippen LogP contribution in [0.4, 0.5) is 14.9 Å². The second-order valence-corrected chi connectivity index (χ2v) is 7.18. The first-order chi connectivity index (χ1) is 15.5. The standard InChI is InChI=1S/C23H26FN3O5/c1-4-16-12-21(28)27(13-15-5-8-18(9-6-15)25-23(29)31-3)26-22(16)17-7-10-19(30-2)20(11-17)32-14-24/h5-11,16H,4,12-14H2,1-3H3,(H,25,29). The molecule has 8 nitrogen and oxygen atoms in total. The molecular weight excluding hydrogens is 417 g/mol. The molecule has 0 saturated carbocycles. The van der Waals surface area contributed by atoms with Crippen molar-refractivity contribution in [3.63, 3.8) is 0 Å². The molecule has 2 aromatic rings. The van der Waals surface area contributed by atoms with Gasteiger partial charge in [0.2, 0.25) is 12.8 Å².